The Morgan fingerprint density at radius 2 is 1.04 bits per heavy atom. The fraction of sp³-hybridized carbons (Fsp3) is 0. The summed E-state index contributed by atoms with van der Waals surface area (Å²) in [4.78, 5) is 2.10. The molecule has 0 unspecified atom stereocenters. The predicted molar refractivity (Wildman–Crippen MR) is 202 cm³/mol. The van der Waals surface area contributed by atoms with Crippen molar-refractivity contribution in [2.75, 3.05) is 4.90 Å². The SMILES string of the molecule is [2H]c1c([2H])c([2H])c(-c2c([2H])c([2H])c(-c3c([2H])c([2H])c([2H])c(-c4cc5c(oc6cccc(N(c7ccccc7)c7ccccc7)c65)c5ccccc45)c3[2H])c([2H])c2[2H])c([2H])c1[2H]. The summed E-state index contributed by atoms with van der Waals surface area (Å²) in [5.74, 6) is 0. The molecule has 0 aliphatic carbocycles. The summed E-state index contributed by atoms with van der Waals surface area (Å²) < 4.78 is 121. The van der Waals surface area contributed by atoms with E-state index in [1.54, 1.807) is 18.2 Å². The average Bonchev–Trinajstić information content (AvgIpc) is 3.66. The Hall–Kier alpha value is -6.38. The molecule has 0 atom stereocenters. The van der Waals surface area contributed by atoms with Crippen LogP contribution in [-0.2, 0) is 0 Å². The Morgan fingerprint density at radius 1 is 0.458 bits per heavy atom. The third kappa shape index (κ3) is 4.83. The van der Waals surface area contributed by atoms with Crippen LogP contribution in [0.4, 0.5) is 17.1 Å². The van der Waals surface area contributed by atoms with Gasteiger partial charge in [-0.2, -0.15) is 0 Å². The van der Waals surface area contributed by atoms with Gasteiger partial charge in [-0.15, -0.1) is 0 Å². The van der Waals surface area contributed by atoms with Crippen molar-refractivity contribution < 1.29 is 22.2 Å². The summed E-state index contributed by atoms with van der Waals surface area (Å²) in [7, 11) is 0. The molecule has 1 aromatic heterocycles. The number of nitrogens with zero attached hydrogens (tertiary/aromatic N) is 1. The van der Waals surface area contributed by atoms with E-state index >= 15 is 0 Å². The van der Waals surface area contributed by atoms with Crippen molar-refractivity contribution in [3.63, 3.8) is 0 Å². The molecule has 1 heterocycles. The van der Waals surface area contributed by atoms with Crippen molar-refractivity contribution in [2.45, 2.75) is 0 Å². The monoisotopic (exact) mass is 626 g/mol. The smallest absolute Gasteiger partial charge is 0.143 e. The maximum absolute atomic E-state index is 9.67. The van der Waals surface area contributed by atoms with Crippen LogP contribution in [0.3, 0.4) is 0 Å². The van der Waals surface area contributed by atoms with E-state index in [9.17, 15) is 2.74 Å². The van der Waals surface area contributed by atoms with Gasteiger partial charge in [0.15, 0.2) is 0 Å². The number of fused-ring (bicyclic) bond motifs is 5. The normalized spacial score (nSPS) is 15.1. The van der Waals surface area contributed by atoms with Gasteiger partial charge in [0.1, 0.15) is 11.2 Å². The van der Waals surface area contributed by atoms with E-state index in [0.717, 1.165) is 22.4 Å². The first kappa shape index (κ1) is 17.5. The second-order valence-electron chi connectivity index (χ2n) is 11.1. The zero-order chi connectivity index (χ0) is 43.2. The highest BCUT2D eigenvalue weighted by Gasteiger charge is 2.21. The van der Waals surface area contributed by atoms with Gasteiger partial charge in [0, 0.05) is 22.1 Å². The Balaban J connectivity index is 1.35. The lowest BCUT2D eigenvalue weighted by atomic mass is 9.92. The van der Waals surface area contributed by atoms with Crippen LogP contribution in [0.2, 0.25) is 0 Å². The highest BCUT2D eigenvalue weighted by molar-refractivity contribution is 6.22. The lowest BCUT2D eigenvalue weighted by Crippen LogP contribution is -2.09. The summed E-state index contributed by atoms with van der Waals surface area (Å²) in [5, 5.41) is 2.55. The molecule has 0 saturated heterocycles. The molecule has 48 heavy (non-hydrogen) atoms. The number of anilines is 3. The molecule has 0 N–H and O–H groups in total. The van der Waals surface area contributed by atoms with Crippen LogP contribution in [0.15, 0.2) is 192 Å². The lowest BCUT2D eigenvalue weighted by Gasteiger charge is -2.26. The van der Waals surface area contributed by atoms with Gasteiger partial charge in [-0.05, 0) is 87.3 Å². The summed E-state index contributed by atoms with van der Waals surface area (Å²) in [6.07, 6.45) is 0. The third-order valence-corrected chi connectivity index (χ3v) is 8.27. The second kappa shape index (κ2) is 11.8. The molecule has 226 valence electrons. The minimum atomic E-state index is -0.762. The van der Waals surface area contributed by atoms with E-state index in [0.29, 0.717) is 32.9 Å². The Labute approximate surface area is 298 Å². The van der Waals surface area contributed by atoms with Gasteiger partial charge in [0.05, 0.1) is 28.9 Å². The topological polar surface area (TPSA) is 16.4 Å². The first-order valence-electron chi connectivity index (χ1n) is 21.8. The van der Waals surface area contributed by atoms with Crippen molar-refractivity contribution in [3.05, 3.63) is 188 Å². The molecule has 0 amide bonds. The van der Waals surface area contributed by atoms with Crippen molar-refractivity contribution in [2.24, 2.45) is 0 Å². The standard InChI is InChI=1S/C46H31NO/c1-4-14-32(15-5-1)33-26-28-34(29-27-33)35-16-12-17-36(30-35)41-31-42-45-43(47(37-18-6-2-7-19-37)38-20-8-3-9-21-38)24-13-25-44(45)48-46(42)40-23-11-10-22-39(40)41/h1-31H/i1D,4D,5D,12D,14D,15D,16D,17D,26D,27D,28D,29D,30D. The molecule has 9 rings (SSSR count). The van der Waals surface area contributed by atoms with Crippen LogP contribution in [0.5, 0.6) is 0 Å². The summed E-state index contributed by atoms with van der Waals surface area (Å²) in [5.41, 5.74) is 1.88. The Morgan fingerprint density at radius 3 is 1.75 bits per heavy atom. The molecule has 8 aromatic carbocycles. The van der Waals surface area contributed by atoms with E-state index in [-0.39, 0.29) is 5.56 Å². The van der Waals surface area contributed by atoms with Gasteiger partial charge >= 0.3 is 0 Å². The Kier molecular flexibility index (Phi) is 4.29. The highest BCUT2D eigenvalue weighted by atomic mass is 16.3. The number of hydrogen-bond acceptors (Lipinski definition) is 2. The molecule has 0 radical (unpaired) electrons. The fourth-order valence-electron chi connectivity index (χ4n) is 6.15. The van der Waals surface area contributed by atoms with Gasteiger partial charge in [-0.1, -0.05) is 139 Å². The minimum Gasteiger partial charge on any atom is -0.455 e. The maximum Gasteiger partial charge on any atom is 0.143 e. The van der Waals surface area contributed by atoms with Crippen molar-refractivity contribution in [3.8, 4) is 33.4 Å². The van der Waals surface area contributed by atoms with Crippen LogP contribution < -0.4 is 4.90 Å². The van der Waals surface area contributed by atoms with Crippen molar-refractivity contribution in [1.29, 1.82) is 0 Å². The predicted octanol–water partition coefficient (Wildman–Crippen LogP) is 13.2. The van der Waals surface area contributed by atoms with Crippen LogP contribution >= 0.6 is 0 Å². The number of para-hydroxylation sites is 2. The summed E-state index contributed by atoms with van der Waals surface area (Å²) in [6, 6.07) is 25.6. The molecule has 0 saturated carbocycles. The van der Waals surface area contributed by atoms with Crippen molar-refractivity contribution >= 4 is 49.8 Å². The summed E-state index contributed by atoms with van der Waals surface area (Å²) >= 11 is 0. The maximum atomic E-state index is 9.67. The molecule has 0 fully saturated rings. The van der Waals surface area contributed by atoms with Gasteiger partial charge < -0.3 is 9.32 Å². The number of hydrogen-bond donors (Lipinski definition) is 0. The van der Waals surface area contributed by atoms with Gasteiger partial charge in [-0.25, -0.2) is 0 Å². The number of benzene rings is 8. The van der Waals surface area contributed by atoms with E-state index in [1.807, 2.05) is 91.0 Å². The van der Waals surface area contributed by atoms with Crippen molar-refractivity contribution in [1.82, 2.24) is 0 Å². The third-order valence-electron chi connectivity index (χ3n) is 8.27. The first-order chi connectivity index (χ1) is 29.2. The van der Waals surface area contributed by atoms with Crippen LogP contribution in [0.25, 0.3) is 66.1 Å². The second-order valence-corrected chi connectivity index (χ2v) is 11.1. The summed E-state index contributed by atoms with van der Waals surface area (Å²) in [6.45, 7) is 0. The molecule has 9 aromatic rings. The lowest BCUT2D eigenvalue weighted by molar-refractivity contribution is 0.672. The number of rotatable bonds is 6. The zero-order valence-corrected chi connectivity index (χ0v) is 25.2. The fourth-order valence-corrected chi connectivity index (χ4v) is 6.15. The quantitative estimate of drug-likeness (QED) is 0.183. The number of furan rings is 1. The van der Waals surface area contributed by atoms with Crippen LogP contribution in [0, 0.1) is 0 Å². The molecule has 2 nitrogen and oxygen atoms in total. The average molecular weight is 627 g/mol. The molecular weight excluding hydrogens is 583 g/mol. The van der Waals surface area contributed by atoms with Gasteiger partial charge in [0.2, 0.25) is 0 Å². The van der Waals surface area contributed by atoms with Crippen LogP contribution in [-0.4, -0.2) is 0 Å². The molecule has 0 bridgehead atoms. The molecule has 0 aliphatic heterocycles. The molecular formula is C46H31NO. The first-order valence-corrected chi connectivity index (χ1v) is 15.3. The van der Waals surface area contributed by atoms with E-state index in [1.165, 1.54) is 0 Å². The molecule has 2 heteroatoms. The van der Waals surface area contributed by atoms with E-state index < -0.39 is 101 Å². The molecule has 0 aliphatic rings. The van der Waals surface area contributed by atoms with Crippen LogP contribution in [0.1, 0.15) is 17.8 Å². The van der Waals surface area contributed by atoms with Gasteiger partial charge in [0.25, 0.3) is 0 Å². The largest absolute Gasteiger partial charge is 0.455 e. The Bertz CT molecular complexity index is 3200. The van der Waals surface area contributed by atoms with Gasteiger partial charge in [-0.3, -0.25) is 0 Å². The minimum absolute atomic E-state index is 0.0875. The zero-order valence-electron chi connectivity index (χ0n) is 38.2. The van der Waals surface area contributed by atoms with E-state index in [4.69, 9.17) is 19.5 Å². The molecule has 0 spiro atoms. The van der Waals surface area contributed by atoms with E-state index in [2.05, 4.69) is 4.90 Å². The highest BCUT2D eigenvalue weighted by Crippen LogP contribution is 2.46.